The summed E-state index contributed by atoms with van der Waals surface area (Å²) in [6.07, 6.45) is 6.34. The second kappa shape index (κ2) is 7.89. The van der Waals surface area contributed by atoms with Crippen LogP contribution in [0, 0.1) is 22.7 Å². The van der Waals surface area contributed by atoms with E-state index >= 15 is 0 Å². The van der Waals surface area contributed by atoms with Crippen molar-refractivity contribution in [3.8, 4) is 11.5 Å². The summed E-state index contributed by atoms with van der Waals surface area (Å²) in [5.41, 5.74) is 1.54. The zero-order valence-electron chi connectivity index (χ0n) is 18.9. The van der Waals surface area contributed by atoms with Crippen molar-refractivity contribution in [1.29, 1.82) is 0 Å². The lowest BCUT2D eigenvalue weighted by atomic mass is 9.46. The number of methoxy groups -OCH3 is 1. The van der Waals surface area contributed by atoms with Crippen LogP contribution < -0.4 is 0 Å². The van der Waals surface area contributed by atoms with Crippen molar-refractivity contribution in [2.75, 3.05) is 7.11 Å². The van der Waals surface area contributed by atoms with Gasteiger partial charge in [0.25, 0.3) is 0 Å². The minimum absolute atomic E-state index is 0.0228. The maximum absolute atomic E-state index is 12.8. The highest BCUT2D eigenvalue weighted by Crippen LogP contribution is 2.62. The van der Waals surface area contributed by atoms with Gasteiger partial charge in [0.15, 0.2) is 0 Å². The van der Waals surface area contributed by atoms with Gasteiger partial charge in [-0.05, 0) is 74.3 Å². The average molecular weight is 423 g/mol. The minimum Gasteiger partial charge on any atom is -0.507 e. The van der Waals surface area contributed by atoms with Gasteiger partial charge in [-0.25, -0.2) is 0 Å². The van der Waals surface area contributed by atoms with Crippen LogP contribution in [-0.2, 0) is 16.0 Å². The molecule has 2 aromatic carbocycles. The molecule has 31 heavy (non-hydrogen) atoms. The molecular formula is C27H34O4. The van der Waals surface area contributed by atoms with Gasteiger partial charge in [-0.15, -0.1) is 0 Å². The van der Waals surface area contributed by atoms with Gasteiger partial charge in [-0.3, -0.25) is 4.79 Å². The molecule has 2 saturated carbocycles. The highest BCUT2D eigenvalue weighted by atomic mass is 16.5. The number of phenols is 2. The van der Waals surface area contributed by atoms with E-state index in [1.165, 1.54) is 12.7 Å². The number of carbonyl (C=O) groups is 1. The molecule has 0 amide bonds. The number of aryl methyl sites for hydroxylation is 1. The number of rotatable bonds is 4. The van der Waals surface area contributed by atoms with Crippen LogP contribution >= 0.6 is 0 Å². The van der Waals surface area contributed by atoms with Crippen LogP contribution in [0.15, 0.2) is 42.5 Å². The first-order valence-electron chi connectivity index (χ1n) is 11.4. The summed E-state index contributed by atoms with van der Waals surface area (Å²) in [6.45, 7) is 8.83. The number of hydrogen-bond acceptors (Lipinski definition) is 4. The summed E-state index contributed by atoms with van der Waals surface area (Å²) in [6, 6.07) is 9.08. The molecule has 0 radical (unpaired) electrons. The maximum atomic E-state index is 12.8. The van der Waals surface area contributed by atoms with Gasteiger partial charge in [0.2, 0.25) is 0 Å². The number of aromatic hydroxyl groups is 2. The van der Waals surface area contributed by atoms with Crippen molar-refractivity contribution >= 4 is 16.7 Å². The summed E-state index contributed by atoms with van der Waals surface area (Å²) in [5, 5.41) is 22.7. The zero-order valence-corrected chi connectivity index (χ0v) is 18.9. The second-order valence-corrected chi connectivity index (χ2v) is 10.1. The first kappa shape index (κ1) is 21.7. The van der Waals surface area contributed by atoms with Crippen LogP contribution in [0.5, 0.6) is 11.5 Å². The van der Waals surface area contributed by atoms with Crippen molar-refractivity contribution in [2.24, 2.45) is 22.7 Å². The molecule has 4 heteroatoms. The van der Waals surface area contributed by atoms with Crippen LogP contribution in [-0.4, -0.2) is 23.3 Å². The van der Waals surface area contributed by atoms with Crippen molar-refractivity contribution in [3.63, 3.8) is 0 Å². The third-order valence-corrected chi connectivity index (χ3v) is 8.45. The van der Waals surface area contributed by atoms with Gasteiger partial charge in [0.1, 0.15) is 11.5 Å². The Bertz CT molecular complexity index is 1030. The molecule has 4 nitrogen and oxygen atoms in total. The number of phenolic OH excluding ortho intramolecular Hbond substituents is 2. The zero-order chi connectivity index (χ0) is 22.4. The number of esters is 1. The number of carbonyl (C=O) groups excluding carboxylic acids is 1. The fourth-order valence-electron chi connectivity index (χ4n) is 6.85. The molecule has 0 saturated heterocycles. The Morgan fingerprint density at radius 2 is 1.90 bits per heavy atom. The highest BCUT2D eigenvalue weighted by molar-refractivity contribution is 5.94. The molecule has 0 aromatic heterocycles. The predicted octanol–water partition coefficient (Wildman–Crippen LogP) is 6.14. The van der Waals surface area contributed by atoms with Gasteiger partial charge in [0.05, 0.1) is 12.5 Å². The van der Waals surface area contributed by atoms with E-state index < -0.39 is 5.41 Å². The molecule has 0 unspecified atom stereocenters. The number of fused-ring (bicyclic) bond motifs is 2. The van der Waals surface area contributed by atoms with E-state index in [1.54, 1.807) is 6.07 Å². The predicted molar refractivity (Wildman–Crippen MR) is 123 cm³/mol. The Balaban J connectivity index is 1.64. The SMILES string of the molecule is C=C1CC[C@@H]2[C@](C)(CCC[C@]2(C)C(=O)OC)[C@H]1CCc1cc(O)c2ccccc2c1O. The van der Waals surface area contributed by atoms with Crippen molar-refractivity contribution < 1.29 is 19.7 Å². The van der Waals surface area contributed by atoms with E-state index in [9.17, 15) is 15.0 Å². The standard InChI is InChI=1S/C27H34O4/c1-17-10-13-23-26(2,14-7-15-27(23,3)25(30)31-4)21(17)12-11-18-16-22(28)19-8-5-6-9-20(19)24(18)29/h5-6,8-9,16,21,23,28-29H,1,7,10-15H2,2-4H3/t21-,23+,26+,27-/m0/s1. The molecule has 0 bridgehead atoms. The number of allylic oxidation sites excluding steroid dienone is 1. The van der Waals surface area contributed by atoms with Crippen LogP contribution in [0.25, 0.3) is 10.8 Å². The first-order chi connectivity index (χ1) is 14.7. The summed E-state index contributed by atoms with van der Waals surface area (Å²) < 4.78 is 5.23. The monoisotopic (exact) mass is 422 g/mol. The molecule has 0 aliphatic heterocycles. The van der Waals surface area contributed by atoms with Crippen LogP contribution in [0.3, 0.4) is 0 Å². The van der Waals surface area contributed by atoms with E-state index in [1.807, 2.05) is 24.3 Å². The molecular weight excluding hydrogens is 388 g/mol. The summed E-state index contributed by atoms with van der Waals surface area (Å²) in [4.78, 5) is 12.8. The number of ether oxygens (including phenoxy) is 1. The quantitative estimate of drug-likeness (QED) is 0.353. The largest absolute Gasteiger partial charge is 0.507 e. The summed E-state index contributed by atoms with van der Waals surface area (Å²) in [5.74, 6) is 0.885. The van der Waals surface area contributed by atoms with Crippen molar-refractivity contribution in [2.45, 2.75) is 58.8 Å². The molecule has 2 aliphatic rings. The Morgan fingerprint density at radius 3 is 2.61 bits per heavy atom. The number of hydrogen-bond donors (Lipinski definition) is 2. The Hall–Kier alpha value is -2.49. The highest BCUT2D eigenvalue weighted by Gasteiger charge is 2.57. The Kier molecular flexibility index (Phi) is 5.53. The summed E-state index contributed by atoms with van der Waals surface area (Å²) in [7, 11) is 1.49. The molecule has 0 spiro atoms. The lowest BCUT2D eigenvalue weighted by Gasteiger charge is -2.57. The van der Waals surface area contributed by atoms with Crippen LogP contribution in [0.1, 0.15) is 57.9 Å². The Morgan fingerprint density at radius 1 is 1.19 bits per heavy atom. The van der Waals surface area contributed by atoms with Crippen LogP contribution in [0.2, 0.25) is 0 Å². The smallest absolute Gasteiger partial charge is 0.311 e. The molecule has 0 heterocycles. The van der Waals surface area contributed by atoms with Gasteiger partial charge in [-0.2, -0.15) is 0 Å². The average Bonchev–Trinajstić information content (AvgIpc) is 2.75. The third kappa shape index (κ3) is 3.40. The van der Waals surface area contributed by atoms with E-state index in [2.05, 4.69) is 20.4 Å². The topological polar surface area (TPSA) is 66.8 Å². The molecule has 2 N–H and O–H groups in total. The molecule has 4 rings (SSSR count). The fraction of sp³-hybridized carbons (Fsp3) is 0.519. The third-order valence-electron chi connectivity index (χ3n) is 8.45. The number of benzene rings is 2. The van der Waals surface area contributed by atoms with E-state index in [0.717, 1.165) is 44.1 Å². The molecule has 2 aromatic rings. The summed E-state index contributed by atoms with van der Waals surface area (Å²) >= 11 is 0. The first-order valence-corrected chi connectivity index (χ1v) is 11.4. The van der Waals surface area contributed by atoms with Crippen molar-refractivity contribution in [3.05, 3.63) is 48.0 Å². The second-order valence-electron chi connectivity index (χ2n) is 10.1. The molecule has 2 fully saturated rings. The lowest BCUT2D eigenvalue weighted by molar-refractivity contribution is -0.168. The van der Waals surface area contributed by atoms with Gasteiger partial charge >= 0.3 is 5.97 Å². The lowest BCUT2D eigenvalue weighted by Crippen LogP contribution is -2.53. The molecule has 166 valence electrons. The van der Waals surface area contributed by atoms with E-state index in [-0.39, 0.29) is 34.7 Å². The van der Waals surface area contributed by atoms with Crippen molar-refractivity contribution in [1.82, 2.24) is 0 Å². The molecule has 4 atom stereocenters. The Labute approximate surface area is 184 Å². The van der Waals surface area contributed by atoms with E-state index in [0.29, 0.717) is 17.2 Å². The van der Waals surface area contributed by atoms with E-state index in [4.69, 9.17) is 4.74 Å². The van der Waals surface area contributed by atoms with Crippen LogP contribution in [0.4, 0.5) is 0 Å². The normalized spacial score (nSPS) is 30.7. The minimum atomic E-state index is -0.454. The molecule has 2 aliphatic carbocycles. The fourth-order valence-corrected chi connectivity index (χ4v) is 6.85. The van der Waals surface area contributed by atoms with Gasteiger partial charge in [0, 0.05) is 10.8 Å². The van der Waals surface area contributed by atoms with Gasteiger partial charge in [-0.1, -0.05) is 49.8 Å². The maximum Gasteiger partial charge on any atom is 0.311 e. The van der Waals surface area contributed by atoms with Gasteiger partial charge < -0.3 is 14.9 Å².